The van der Waals surface area contributed by atoms with Crippen molar-refractivity contribution >= 4 is 22.7 Å². The average molecular weight is 426 g/mol. The zero-order valence-corrected chi connectivity index (χ0v) is 17.5. The third-order valence-electron chi connectivity index (χ3n) is 4.66. The number of pyridine rings is 1. The maximum Gasteiger partial charge on any atom is 0.418 e. The van der Waals surface area contributed by atoms with Gasteiger partial charge < -0.3 is 14.8 Å². The topological polar surface area (TPSA) is 77.5 Å². The number of Topliss-reactive ketones (excluding diaryl/α,β-unsaturated/α-hetero) is 1. The van der Waals surface area contributed by atoms with Gasteiger partial charge in [-0.3, -0.25) is 9.59 Å². The number of aryl methyl sites for hydroxylation is 1. The Bertz CT molecular complexity index is 944. The van der Waals surface area contributed by atoms with Crippen molar-refractivity contribution in [2.24, 2.45) is 0 Å². The molecule has 3 rings (SSSR count). The molecule has 1 aromatic carbocycles. The number of carbonyl (C=O) groups is 2. The lowest BCUT2D eigenvalue weighted by Crippen LogP contribution is -2.31. The molecule has 2 heterocycles. The second-order valence-corrected chi connectivity index (χ2v) is 6.62. The smallest absolute Gasteiger partial charge is 0.418 e. The molecule has 6 nitrogen and oxygen atoms in total. The van der Waals surface area contributed by atoms with E-state index in [9.17, 15) is 22.8 Å². The summed E-state index contributed by atoms with van der Waals surface area (Å²) in [5, 5.41) is 3.04. The number of ketones is 1. The number of esters is 1. The van der Waals surface area contributed by atoms with E-state index in [2.05, 4.69) is 10.3 Å². The fraction of sp³-hybridized carbons (Fsp3) is 0.476. The van der Waals surface area contributed by atoms with Crippen LogP contribution in [0.25, 0.3) is 10.9 Å². The zero-order valence-electron chi connectivity index (χ0n) is 17.5. The van der Waals surface area contributed by atoms with Crippen molar-refractivity contribution in [3.05, 3.63) is 35.0 Å². The van der Waals surface area contributed by atoms with Crippen molar-refractivity contribution in [2.45, 2.75) is 52.4 Å². The predicted octanol–water partition coefficient (Wildman–Crippen LogP) is 4.07. The molecule has 9 heteroatoms. The highest BCUT2D eigenvalue weighted by molar-refractivity contribution is 6.09. The van der Waals surface area contributed by atoms with Gasteiger partial charge in [-0.2, -0.15) is 13.2 Å². The highest BCUT2D eigenvalue weighted by Gasteiger charge is 2.36. The summed E-state index contributed by atoms with van der Waals surface area (Å²) in [5.41, 5.74) is -0.969. The Kier molecular flexibility index (Phi) is 7.41. The van der Waals surface area contributed by atoms with Gasteiger partial charge in [-0.05, 0) is 19.9 Å². The maximum absolute atomic E-state index is 13.4. The number of carbonyl (C=O) groups excluding carboxylic acids is 2. The first kappa shape index (κ1) is 23.6. The van der Waals surface area contributed by atoms with E-state index in [0.717, 1.165) is 6.07 Å². The fourth-order valence-corrected chi connectivity index (χ4v) is 3.39. The number of fused-ring (bicyclic) bond motifs is 1. The SMILES string of the molecule is CC.COC(=O)C1CC(Oc2c(C)nc3c(C(F)(F)F)cccc3c2C(C)=O)CN1. The number of ether oxygens (including phenoxy) is 2. The largest absolute Gasteiger partial charge is 0.486 e. The number of aromatic nitrogens is 1. The number of alkyl halides is 3. The van der Waals surface area contributed by atoms with Crippen molar-refractivity contribution in [3.8, 4) is 5.75 Å². The lowest BCUT2D eigenvalue weighted by molar-refractivity contribution is -0.142. The lowest BCUT2D eigenvalue weighted by Gasteiger charge is -2.20. The van der Waals surface area contributed by atoms with Crippen molar-refractivity contribution in [1.29, 1.82) is 0 Å². The Hall–Kier alpha value is -2.68. The summed E-state index contributed by atoms with van der Waals surface area (Å²) in [6.45, 7) is 7.09. The Labute approximate surface area is 172 Å². The van der Waals surface area contributed by atoms with E-state index >= 15 is 0 Å². The van der Waals surface area contributed by atoms with E-state index in [1.165, 1.54) is 33.1 Å². The summed E-state index contributed by atoms with van der Waals surface area (Å²) in [5.74, 6) is -0.724. The van der Waals surface area contributed by atoms with Crippen LogP contribution in [0.5, 0.6) is 5.75 Å². The van der Waals surface area contributed by atoms with Gasteiger partial charge >= 0.3 is 12.1 Å². The van der Waals surface area contributed by atoms with Gasteiger partial charge in [0.2, 0.25) is 0 Å². The average Bonchev–Trinajstić information content (AvgIpc) is 3.16. The summed E-state index contributed by atoms with van der Waals surface area (Å²) < 4.78 is 50.7. The summed E-state index contributed by atoms with van der Waals surface area (Å²) in [4.78, 5) is 28.0. The van der Waals surface area contributed by atoms with Gasteiger partial charge in [-0.15, -0.1) is 0 Å². The van der Waals surface area contributed by atoms with Crippen molar-refractivity contribution in [2.75, 3.05) is 13.7 Å². The Balaban J connectivity index is 0.00000155. The van der Waals surface area contributed by atoms with E-state index in [1.54, 1.807) is 0 Å². The van der Waals surface area contributed by atoms with Crippen LogP contribution in [0.3, 0.4) is 0 Å². The van der Waals surface area contributed by atoms with Crippen LogP contribution in [0.15, 0.2) is 18.2 Å². The van der Waals surface area contributed by atoms with Crippen molar-refractivity contribution < 1.29 is 32.2 Å². The van der Waals surface area contributed by atoms with Crippen LogP contribution >= 0.6 is 0 Å². The van der Waals surface area contributed by atoms with Crippen LogP contribution < -0.4 is 10.1 Å². The second-order valence-electron chi connectivity index (χ2n) is 6.62. The number of methoxy groups -OCH3 is 1. The van der Waals surface area contributed by atoms with E-state index in [0.29, 0.717) is 13.0 Å². The van der Waals surface area contributed by atoms with Gasteiger partial charge in [0, 0.05) is 18.4 Å². The fourth-order valence-electron chi connectivity index (χ4n) is 3.39. The molecule has 2 atom stereocenters. The number of nitrogens with one attached hydrogen (secondary N) is 1. The molecular formula is C21H25F3N2O4. The Morgan fingerprint density at radius 2 is 1.90 bits per heavy atom. The number of hydrogen-bond acceptors (Lipinski definition) is 6. The predicted molar refractivity (Wildman–Crippen MR) is 106 cm³/mol. The molecule has 1 aromatic heterocycles. The molecule has 1 N–H and O–H groups in total. The second kappa shape index (κ2) is 9.42. The van der Waals surface area contributed by atoms with E-state index in [4.69, 9.17) is 9.47 Å². The van der Waals surface area contributed by atoms with Gasteiger partial charge in [0.25, 0.3) is 0 Å². The normalized spacial score (nSPS) is 18.5. The third kappa shape index (κ3) is 4.72. The van der Waals surface area contributed by atoms with E-state index < -0.39 is 35.6 Å². The van der Waals surface area contributed by atoms with Gasteiger partial charge in [-0.1, -0.05) is 26.0 Å². The molecule has 1 fully saturated rings. The molecule has 2 unspecified atom stereocenters. The standard InChI is InChI=1S/C19H19F3N2O4.C2H6/c1-9-17(28-11-7-14(23-8-11)18(26)27-3)15(10(2)25)12-5-4-6-13(16(12)24-9)19(20,21)22;1-2/h4-6,11,14,23H,7-8H2,1-3H3;1-2H3. The number of hydrogen-bond donors (Lipinski definition) is 1. The van der Waals surface area contributed by atoms with E-state index in [1.807, 2.05) is 13.8 Å². The quantitative estimate of drug-likeness (QED) is 0.587. The summed E-state index contributed by atoms with van der Waals surface area (Å²) >= 11 is 0. The van der Waals surface area contributed by atoms with Crippen LogP contribution in [0.4, 0.5) is 13.2 Å². The summed E-state index contributed by atoms with van der Waals surface area (Å²) in [6, 6.07) is 3.05. The molecule has 0 spiro atoms. The van der Waals surface area contributed by atoms with Gasteiger partial charge in [0.1, 0.15) is 12.1 Å². The van der Waals surface area contributed by atoms with Crippen molar-refractivity contribution in [3.63, 3.8) is 0 Å². The molecule has 0 saturated carbocycles. The number of benzene rings is 1. The molecule has 2 aromatic rings. The Morgan fingerprint density at radius 3 is 2.47 bits per heavy atom. The third-order valence-corrected chi connectivity index (χ3v) is 4.66. The minimum Gasteiger partial charge on any atom is -0.486 e. The molecule has 1 aliphatic rings. The summed E-state index contributed by atoms with van der Waals surface area (Å²) in [7, 11) is 1.28. The van der Waals surface area contributed by atoms with E-state index in [-0.39, 0.29) is 27.9 Å². The molecule has 0 amide bonds. The molecule has 0 radical (unpaired) electrons. The van der Waals surface area contributed by atoms with Gasteiger partial charge in [-0.25, -0.2) is 4.98 Å². The molecule has 0 aliphatic carbocycles. The van der Waals surface area contributed by atoms with Crippen LogP contribution in [-0.4, -0.2) is 42.5 Å². The van der Waals surface area contributed by atoms with Crippen LogP contribution in [-0.2, 0) is 15.7 Å². The van der Waals surface area contributed by atoms with Crippen LogP contribution in [0, 0.1) is 6.92 Å². The minimum atomic E-state index is -4.60. The lowest BCUT2D eigenvalue weighted by atomic mass is 10.00. The van der Waals surface area contributed by atoms with Crippen LogP contribution in [0.2, 0.25) is 0 Å². The van der Waals surface area contributed by atoms with Crippen LogP contribution in [0.1, 0.15) is 48.8 Å². The molecule has 30 heavy (non-hydrogen) atoms. The summed E-state index contributed by atoms with van der Waals surface area (Å²) in [6.07, 6.45) is -4.74. The number of para-hydroxylation sites is 1. The molecule has 164 valence electrons. The minimum absolute atomic E-state index is 0.0510. The first-order chi connectivity index (χ1) is 14.1. The molecule has 1 saturated heterocycles. The molecule has 0 bridgehead atoms. The number of rotatable bonds is 4. The number of halogens is 3. The Morgan fingerprint density at radius 1 is 1.23 bits per heavy atom. The number of nitrogens with zero attached hydrogens (tertiary/aromatic N) is 1. The maximum atomic E-state index is 13.4. The monoisotopic (exact) mass is 426 g/mol. The molecular weight excluding hydrogens is 401 g/mol. The van der Waals surface area contributed by atoms with Crippen molar-refractivity contribution in [1.82, 2.24) is 10.3 Å². The zero-order chi connectivity index (χ0) is 22.6. The molecule has 1 aliphatic heterocycles. The first-order valence-electron chi connectivity index (χ1n) is 9.62. The highest BCUT2D eigenvalue weighted by Crippen LogP contribution is 2.38. The van der Waals surface area contributed by atoms with Gasteiger partial charge in [0.15, 0.2) is 11.5 Å². The first-order valence-corrected chi connectivity index (χ1v) is 9.62. The highest BCUT2D eigenvalue weighted by atomic mass is 19.4. The van der Waals surface area contributed by atoms with Gasteiger partial charge in [0.05, 0.1) is 29.4 Å².